The van der Waals surface area contributed by atoms with Crippen molar-refractivity contribution < 1.29 is 23.8 Å². The Kier molecular flexibility index (Phi) is 6.90. The van der Waals surface area contributed by atoms with E-state index in [1.54, 1.807) is 17.0 Å². The van der Waals surface area contributed by atoms with Gasteiger partial charge in [0.15, 0.2) is 17.3 Å². The van der Waals surface area contributed by atoms with E-state index in [1.807, 2.05) is 31.5 Å². The second-order valence-electron chi connectivity index (χ2n) is 7.75. The summed E-state index contributed by atoms with van der Waals surface area (Å²) in [5.41, 5.74) is 3.31. The number of nitrogens with zero attached hydrogens (tertiary/aromatic N) is 3. The van der Waals surface area contributed by atoms with Crippen molar-refractivity contribution in [1.82, 2.24) is 14.4 Å². The van der Waals surface area contributed by atoms with E-state index in [4.69, 9.17) is 14.2 Å². The number of carbonyl (C=O) groups excluding carboxylic acids is 2. The molecule has 2 aromatic rings. The molecule has 0 radical (unpaired) electrons. The number of amides is 1. The molecule has 1 aliphatic heterocycles. The van der Waals surface area contributed by atoms with Gasteiger partial charge >= 0.3 is 0 Å². The number of aryl methyl sites for hydroxylation is 1. The molecule has 1 saturated heterocycles. The maximum atomic E-state index is 13.1. The highest BCUT2D eigenvalue weighted by Gasteiger charge is 2.26. The molecule has 3 rings (SSSR count). The van der Waals surface area contributed by atoms with Gasteiger partial charge in [-0.05, 0) is 32.0 Å². The van der Waals surface area contributed by atoms with Gasteiger partial charge in [0.05, 0.1) is 27.9 Å². The van der Waals surface area contributed by atoms with E-state index in [2.05, 4.69) is 4.90 Å². The second-order valence-corrected chi connectivity index (χ2v) is 7.75. The molecular weight excluding hydrogens is 398 g/mol. The maximum Gasteiger partial charge on any atom is 0.254 e. The number of piperazine rings is 1. The normalized spacial score (nSPS) is 14.5. The molecule has 0 aliphatic carbocycles. The van der Waals surface area contributed by atoms with E-state index in [9.17, 15) is 9.59 Å². The summed E-state index contributed by atoms with van der Waals surface area (Å²) in [6.07, 6.45) is 0. The molecule has 31 heavy (non-hydrogen) atoms. The van der Waals surface area contributed by atoms with E-state index >= 15 is 0 Å². The van der Waals surface area contributed by atoms with Crippen molar-refractivity contribution in [2.75, 3.05) is 54.1 Å². The van der Waals surface area contributed by atoms with Crippen LogP contribution in [0.4, 0.5) is 0 Å². The standard InChI is InChI=1S/C23H31N3O5/c1-15-11-18(16(2)24(15)3)19(27)14-25-7-9-26(10-8-25)23(28)17-12-20(29-4)22(31-6)21(13-17)30-5/h11-13H,7-10,14H2,1-6H3. The fraction of sp³-hybridized carbons (Fsp3) is 0.478. The number of carbonyl (C=O) groups is 2. The van der Waals surface area contributed by atoms with Gasteiger partial charge in [0.2, 0.25) is 5.75 Å². The largest absolute Gasteiger partial charge is 0.493 e. The molecule has 8 heteroatoms. The van der Waals surface area contributed by atoms with Crippen molar-refractivity contribution in [3.05, 3.63) is 40.7 Å². The maximum absolute atomic E-state index is 13.1. The molecule has 0 unspecified atom stereocenters. The number of methoxy groups -OCH3 is 3. The minimum Gasteiger partial charge on any atom is -0.493 e. The van der Waals surface area contributed by atoms with Gasteiger partial charge in [-0.15, -0.1) is 0 Å². The molecule has 0 saturated carbocycles. The van der Waals surface area contributed by atoms with E-state index in [-0.39, 0.29) is 11.7 Å². The first-order valence-corrected chi connectivity index (χ1v) is 10.3. The van der Waals surface area contributed by atoms with Crippen molar-refractivity contribution in [2.24, 2.45) is 7.05 Å². The molecule has 1 fully saturated rings. The number of hydrogen-bond acceptors (Lipinski definition) is 6. The summed E-state index contributed by atoms with van der Waals surface area (Å²) in [5.74, 6) is 1.37. The van der Waals surface area contributed by atoms with Crippen LogP contribution in [0.25, 0.3) is 0 Å². The number of ether oxygens (including phenoxy) is 3. The van der Waals surface area contributed by atoms with Gasteiger partial charge in [-0.3, -0.25) is 14.5 Å². The molecule has 0 N–H and O–H groups in total. The molecule has 168 valence electrons. The van der Waals surface area contributed by atoms with Crippen LogP contribution >= 0.6 is 0 Å². The smallest absolute Gasteiger partial charge is 0.254 e. The molecular formula is C23H31N3O5. The Morgan fingerprint density at radius 3 is 1.94 bits per heavy atom. The van der Waals surface area contributed by atoms with E-state index in [1.165, 1.54) is 21.3 Å². The topological polar surface area (TPSA) is 73.2 Å². The van der Waals surface area contributed by atoms with Gasteiger partial charge in [0, 0.05) is 55.7 Å². The van der Waals surface area contributed by atoms with Crippen molar-refractivity contribution >= 4 is 11.7 Å². The van der Waals surface area contributed by atoms with Crippen LogP contribution in [-0.2, 0) is 7.05 Å². The number of Topliss-reactive ketones (excluding diaryl/α,β-unsaturated/α-hetero) is 1. The molecule has 0 atom stereocenters. The lowest BCUT2D eigenvalue weighted by Gasteiger charge is -2.34. The Bertz CT molecular complexity index is 949. The summed E-state index contributed by atoms with van der Waals surface area (Å²) in [6, 6.07) is 5.28. The van der Waals surface area contributed by atoms with Crippen LogP contribution < -0.4 is 14.2 Å². The number of ketones is 1. The molecule has 1 aliphatic rings. The zero-order chi connectivity index (χ0) is 22.7. The third-order valence-electron chi connectivity index (χ3n) is 6.01. The molecule has 2 heterocycles. The van der Waals surface area contributed by atoms with E-state index in [0.29, 0.717) is 55.5 Å². The van der Waals surface area contributed by atoms with Crippen molar-refractivity contribution in [1.29, 1.82) is 0 Å². The summed E-state index contributed by atoms with van der Waals surface area (Å²) in [4.78, 5) is 29.7. The van der Waals surface area contributed by atoms with Crippen LogP contribution in [0.3, 0.4) is 0 Å². The first kappa shape index (κ1) is 22.7. The predicted octanol–water partition coefficient (Wildman–Crippen LogP) is 2.31. The molecule has 1 aromatic heterocycles. The fourth-order valence-corrected chi connectivity index (χ4v) is 3.92. The molecule has 1 amide bonds. The Hall–Kier alpha value is -3.00. The minimum atomic E-state index is -0.0974. The molecule has 0 bridgehead atoms. The van der Waals surface area contributed by atoms with Crippen LogP contribution in [-0.4, -0.2) is 80.1 Å². The Morgan fingerprint density at radius 1 is 0.903 bits per heavy atom. The third-order valence-corrected chi connectivity index (χ3v) is 6.01. The van der Waals surface area contributed by atoms with Gasteiger partial charge < -0.3 is 23.7 Å². The lowest BCUT2D eigenvalue weighted by Crippen LogP contribution is -2.49. The highest BCUT2D eigenvalue weighted by Crippen LogP contribution is 2.38. The summed E-state index contributed by atoms with van der Waals surface area (Å²) >= 11 is 0. The van der Waals surface area contributed by atoms with Crippen LogP contribution in [0, 0.1) is 13.8 Å². The van der Waals surface area contributed by atoms with Crippen molar-refractivity contribution in [2.45, 2.75) is 13.8 Å². The summed E-state index contributed by atoms with van der Waals surface area (Å²) < 4.78 is 18.1. The summed E-state index contributed by atoms with van der Waals surface area (Å²) in [5, 5.41) is 0. The fourth-order valence-electron chi connectivity index (χ4n) is 3.92. The van der Waals surface area contributed by atoms with Gasteiger partial charge in [0.25, 0.3) is 5.91 Å². The number of benzene rings is 1. The number of hydrogen-bond donors (Lipinski definition) is 0. The van der Waals surface area contributed by atoms with Crippen molar-refractivity contribution in [3.8, 4) is 17.2 Å². The average Bonchev–Trinajstić information content (AvgIpc) is 3.05. The number of rotatable bonds is 7. The van der Waals surface area contributed by atoms with Crippen molar-refractivity contribution in [3.63, 3.8) is 0 Å². The Labute approximate surface area is 183 Å². The predicted molar refractivity (Wildman–Crippen MR) is 118 cm³/mol. The first-order chi connectivity index (χ1) is 14.8. The lowest BCUT2D eigenvalue weighted by molar-refractivity contribution is 0.0623. The highest BCUT2D eigenvalue weighted by atomic mass is 16.5. The highest BCUT2D eigenvalue weighted by molar-refractivity contribution is 5.99. The monoisotopic (exact) mass is 429 g/mol. The van der Waals surface area contributed by atoms with Gasteiger partial charge in [0.1, 0.15) is 0 Å². The van der Waals surface area contributed by atoms with Gasteiger partial charge in [-0.1, -0.05) is 0 Å². The van der Waals surface area contributed by atoms with E-state index in [0.717, 1.165) is 17.0 Å². The SMILES string of the molecule is COc1cc(C(=O)N2CCN(CC(=O)c3cc(C)n(C)c3C)CC2)cc(OC)c1OC. The van der Waals surface area contributed by atoms with Crippen LogP contribution in [0.1, 0.15) is 32.1 Å². The molecule has 8 nitrogen and oxygen atoms in total. The number of aromatic nitrogens is 1. The lowest BCUT2D eigenvalue weighted by atomic mass is 10.1. The van der Waals surface area contributed by atoms with Crippen LogP contribution in [0.2, 0.25) is 0 Å². The van der Waals surface area contributed by atoms with E-state index < -0.39 is 0 Å². The second kappa shape index (κ2) is 9.43. The van der Waals surface area contributed by atoms with Gasteiger partial charge in [-0.25, -0.2) is 0 Å². The van der Waals surface area contributed by atoms with Crippen LogP contribution in [0.5, 0.6) is 17.2 Å². The van der Waals surface area contributed by atoms with Crippen LogP contribution in [0.15, 0.2) is 18.2 Å². The zero-order valence-corrected chi connectivity index (χ0v) is 19.2. The quantitative estimate of drug-likeness (QED) is 0.629. The first-order valence-electron chi connectivity index (χ1n) is 10.3. The Balaban J connectivity index is 1.65. The van der Waals surface area contributed by atoms with Gasteiger partial charge in [-0.2, -0.15) is 0 Å². The molecule has 1 aromatic carbocycles. The summed E-state index contributed by atoms with van der Waals surface area (Å²) in [7, 11) is 6.55. The minimum absolute atomic E-state index is 0.0974. The Morgan fingerprint density at radius 2 is 1.48 bits per heavy atom. The molecule has 0 spiro atoms. The summed E-state index contributed by atoms with van der Waals surface area (Å²) in [6.45, 7) is 6.72. The zero-order valence-electron chi connectivity index (χ0n) is 19.2. The average molecular weight is 430 g/mol. The third kappa shape index (κ3) is 4.54.